The van der Waals surface area contributed by atoms with Gasteiger partial charge in [0, 0.05) is 10.4 Å². The fraction of sp³-hybridized carbons (Fsp3) is 0.824. The third-order valence-corrected chi connectivity index (χ3v) is 9.92. The van der Waals surface area contributed by atoms with E-state index in [4.69, 9.17) is 9.16 Å². The number of hydrogen-bond donors (Lipinski definition) is 0. The molecule has 3 atom stereocenters. The lowest BCUT2D eigenvalue weighted by Gasteiger charge is -2.41. The first-order chi connectivity index (χ1) is 9.85. The third-order valence-electron chi connectivity index (χ3n) is 4.70. The average Bonchev–Trinajstić information content (AvgIpc) is 2.31. The van der Waals surface area contributed by atoms with Crippen molar-refractivity contribution in [3.63, 3.8) is 0 Å². The Hall–Kier alpha value is -0.133. The van der Waals surface area contributed by atoms with Gasteiger partial charge in [0.25, 0.3) is 0 Å². The van der Waals surface area contributed by atoms with E-state index < -0.39 is 8.32 Å². The maximum absolute atomic E-state index is 11.8. The van der Waals surface area contributed by atoms with Gasteiger partial charge in [-0.25, -0.2) is 0 Å². The molecule has 0 heterocycles. The summed E-state index contributed by atoms with van der Waals surface area (Å²) in [6.45, 7) is 17.1. The van der Waals surface area contributed by atoms with Gasteiger partial charge in [-0.1, -0.05) is 57.5 Å². The maximum Gasteiger partial charge on any atom is 0.309 e. The molecular weight excluding hydrogens is 360 g/mol. The molecule has 22 heavy (non-hydrogen) atoms. The monoisotopic (exact) mass is 390 g/mol. The van der Waals surface area contributed by atoms with Crippen molar-refractivity contribution in [1.82, 2.24) is 0 Å². The summed E-state index contributed by atoms with van der Waals surface area (Å²) in [4.78, 5) is 11.8. The molecule has 0 amide bonds. The van der Waals surface area contributed by atoms with Gasteiger partial charge in [0.05, 0.1) is 12.0 Å². The van der Waals surface area contributed by atoms with Crippen LogP contribution in [0.15, 0.2) is 10.6 Å². The fourth-order valence-corrected chi connectivity index (χ4v) is 4.29. The van der Waals surface area contributed by atoms with E-state index in [-0.39, 0.29) is 35.1 Å². The number of hydrogen-bond acceptors (Lipinski definition) is 3. The van der Waals surface area contributed by atoms with Gasteiger partial charge in [0.1, 0.15) is 6.10 Å². The Morgan fingerprint density at radius 1 is 1.36 bits per heavy atom. The molecule has 0 unspecified atom stereocenters. The van der Waals surface area contributed by atoms with Crippen molar-refractivity contribution in [3.8, 4) is 0 Å². The molecule has 0 spiro atoms. The van der Waals surface area contributed by atoms with Crippen molar-refractivity contribution in [2.75, 3.05) is 0 Å². The van der Waals surface area contributed by atoms with Crippen LogP contribution in [0.4, 0.5) is 0 Å². The van der Waals surface area contributed by atoms with Crippen LogP contribution < -0.4 is 0 Å². The molecule has 0 radical (unpaired) electrons. The summed E-state index contributed by atoms with van der Waals surface area (Å²) in [5, 5.41) is 0.192. The minimum Gasteiger partial charge on any atom is -0.456 e. The second-order valence-electron chi connectivity index (χ2n) is 8.19. The normalized spacial score (nSPS) is 26.8. The average molecular weight is 391 g/mol. The molecule has 0 aromatic heterocycles. The molecule has 1 aliphatic rings. The first-order valence-electron chi connectivity index (χ1n) is 8.10. The van der Waals surface area contributed by atoms with E-state index in [9.17, 15) is 4.79 Å². The molecule has 0 bridgehead atoms. The topological polar surface area (TPSA) is 35.5 Å². The Morgan fingerprint density at radius 3 is 2.32 bits per heavy atom. The van der Waals surface area contributed by atoms with Crippen LogP contribution in [0, 0.1) is 11.8 Å². The third kappa shape index (κ3) is 4.93. The molecule has 128 valence electrons. The van der Waals surface area contributed by atoms with Crippen LogP contribution in [0.25, 0.3) is 0 Å². The van der Waals surface area contributed by atoms with Crippen molar-refractivity contribution in [3.05, 3.63) is 10.6 Å². The number of halogens is 1. The van der Waals surface area contributed by atoms with Crippen LogP contribution in [-0.4, -0.2) is 26.5 Å². The van der Waals surface area contributed by atoms with Gasteiger partial charge in [0.2, 0.25) is 0 Å². The van der Waals surface area contributed by atoms with Gasteiger partial charge in [-0.05, 0) is 30.6 Å². The summed E-state index contributed by atoms with van der Waals surface area (Å²) < 4.78 is 13.0. The van der Waals surface area contributed by atoms with Crippen molar-refractivity contribution >= 4 is 30.2 Å². The largest absolute Gasteiger partial charge is 0.456 e. The predicted octanol–water partition coefficient (Wildman–Crippen LogP) is 5.26. The van der Waals surface area contributed by atoms with E-state index in [0.717, 1.165) is 10.9 Å². The highest BCUT2D eigenvalue weighted by Crippen LogP contribution is 2.40. The Kier molecular flexibility index (Phi) is 6.50. The molecular formula is C17H31BrO3Si. The second-order valence-corrected chi connectivity index (χ2v) is 13.9. The summed E-state index contributed by atoms with van der Waals surface area (Å²) >= 11 is 3.59. The highest BCUT2D eigenvalue weighted by atomic mass is 79.9. The zero-order chi connectivity index (χ0) is 17.3. The van der Waals surface area contributed by atoms with E-state index in [0.29, 0.717) is 0 Å². The van der Waals surface area contributed by atoms with Gasteiger partial charge < -0.3 is 9.16 Å². The van der Waals surface area contributed by atoms with E-state index >= 15 is 0 Å². The summed E-state index contributed by atoms with van der Waals surface area (Å²) in [6.07, 6.45) is 2.88. The fourth-order valence-electron chi connectivity index (χ4n) is 2.17. The number of rotatable bonds is 4. The lowest BCUT2D eigenvalue weighted by molar-refractivity contribution is -0.153. The SMILES string of the molecule is CC(C)C(=O)O[C@@H]1C(Br)=C[C@@H](O[Si](C)(C)C(C)(C)C)C[C@H]1C. The van der Waals surface area contributed by atoms with Crippen molar-refractivity contribution in [1.29, 1.82) is 0 Å². The summed E-state index contributed by atoms with van der Waals surface area (Å²) in [5.41, 5.74) is 0. The van der Waals surface area contributed by atoms with E-state index in [2.05, 4.69) is 62.8 Å². The smallest absolute Gasteiger partial charge is 0.309 e. The predicted molar refractivity (Wildman–Crippen MR) is 97.6 cm³/mol. The van der Waals surface area contributed by atoms with Gasteiger partial charge in [-0.15, -0.1) is 0 Å². The molecule has 3 nitrogen and oxygen atoms in total. The lowest BCUT2D eigenvalue weighted by atomic mass is 9.91. The molecule has 0 N–H and O–H groups in total. The summed E-state index contributed by atoms with van der Waals surface area (Å²) in [6, 6.07) is 0. The van der Waals surface area contributed by atoms with Crippen molar-refractivity contribution in [2.45, 2.75) is 78.3 Å². The lowest BCUT2D eigenvalue weighted by Crippen LogP contribution is -2.45. The molecule has 1 aliphatic carbocycles. The van der Waals surface area contributed by atoms with E-state index in [1.54, 1.807) is 0 Å². The van der Waals surface area contributed by atoms with Gasteiger partial charge in [-0.3, -0.25) is 4.79 Å². The Morgan fingerprint density at radius 2 is 1.91 bits per heavy atom. The van der Waals surface area contributed by atoms with Crippen LogP contribution in [-0.2, 0) is 14.0 Å². The van der Waals surface area contributed by atoms with Gasteiger partial charge >= 0.3 is 5.97 Å². The molecule has 0 saturated carbocycles. The number of esters is 1. The molecule has 0 saturated heterocycles. The van der Waals surface area contributed by atoms with Crippen LogP contribution in [0.3, 0.4) is 0 Å². The quantitative estimate of drug-likeness (QED) is 0.484. The molecule has 5 heteroatoms. The standard InChI is InChI=1S/C17H31BrO3Si/c1-11(2)16(19)20-15-12(3)9-13(10-14(15)18)21-22(7,8)17(4,5)6/h10-13,15H,9H2,1-8H3/t12-,13+,15+/m1/s1. The minimum atomic E-state index is -1.80. The Labute approximate surface area is 145 Å². The van der Waals surface area contributed by atoms with Gasteiger partial charge in [0.15, 0.2) is 8.32 Å². The number of ether oxygens (including phenoxy) is 1. The highest BCUT2D eigenvalue weighted by Gasteiger charge is 2.41. The van der Waals surface area contributed by atoms with Crippen molar-refractivity contribution in [2.24, 2.45) is 11.8 Å². The summed E-state index contributed by atoms with van der Waals surface area (Å²) in [5.74, 6) is -0.00323. The van der Waals surface area contributed by atoms with E-state index in [1.807, 2.05) is 13.8 Å². The zero-order valence-electron chi connectivity index (χ0n) is 15.2. The van der Waals surface area contributed by atoms with Crippen LogP contribution >= 0.6 is 15.9 Å². The van der Waals surface area contributed by atoms with Gasteiger partial charge in [-0.2, -0.15) is 0 Å². The maximum atomic E-state index is 11.8. The number of carbonyl (C=O) groups excluding carboxylic acids is 1. The Balaban J connectivity index is 2.82. The summed E-state index contributed by atoms with van der Waals surface area (Å²) in [7, 11) is -1.80. The molecule has 0 aromatic carbocycles. The first-order valence-corrected chi connectivity index (χ1v) is 11.8. The van der Waals surface area contributed by atoms with Crippen LogP contribution in [0.1, 0.15) is 48.0 Å². The zero-order valence-corrected chi connectivity index (χ0v) is 17.8. The minimum absolute atomic E-state index is 0.0965. The van der Waals surface area contributed by atoms with E-state index in [1.165, 1.54) is 0 Å². The van der Waals surface area contributed by atoms with Crippen molar-refractivity contribution < 1.29 is 14.0 Å². The molecule has 0 fully saturated rings. The second kappa shape index (κ2) is 7.18. The highest BCUT2D eigenvalue weighted by molar-refractivity contribution is 9.11. The molecule has 0 aromatic rings. The Bertz CT molecular complexity index is 438. The first kappa shape index (κ1) is 19.9. The molecule has 0 aliphatic heterocycles. The van der Waals surface area contributed by atoms with Crippen LogP contribution in [0.2, 0.25) is 18.1 Å². The van der Waals surface area contributed by atoms with Crippen LogP contribution in [0.5, 0.6) is 0 Å². The number of carbonyl (C=O) groups is 1. The molecule has 1 rings (SSSR count).